The summed E-state index contributed by atoms with van der Waals surface area (Å²) < 4.78 is 11.3. The van der Waals surface area contributed by atoms with Crippen LogP contribution in [0.5, 0.6) is 5.75 Å². The summed E-state index contributed by atoms with van der Waals surface area (Å²) in [5.74, 6) is 0.506. The van der Waals surface area contributed by atoms with Crippen molar-refractivity contribution in [1.29, 1.82) is 0 Å². The average Bonchev–Trinajstić information content (AvgIpc) is 2.56. The van der Waals surface area contributed by atoms with E-state index in [1.807, 2.05) is 44.2 Å². The molecule has 0 aliphatic heterocycles. The summed E-state index contributed by atoms with van der Waals surface area (Å²) in [7, 11) is 0. The van der Waals surface area contributed by atoms with Gasteiger partial charge in [0.05, 0.1) is 5.02 Å². The quantitative estimate of drug-likeness (QED) is 0.622. The molecule has 0 saturated heterocycles. The molecule has 0 aliphatic rings. The summed E-state index contributed by atoms with van der Waals surface area (Å²) in [5.41, 5.74) is 2.10. The van der Waals surface area contributed by atoms with E-state index >= 15 is 0 Å². The van der Waals surface area contributed by atoms with E-state index in [1.165, 1.54) is 6.07 Å². The molecule has 0 spiro atoms. The Hall–Kier alpha value is -2.26. The SMILES string of the molecule is CCc1cc(=O)oc2cc(O[C@H](C)c3ccccc3)c(Cl)cc12. The van der Waals surface area contributed by atoms with Gasteiger partial charge in [-0.2, -0.15) is 0 Å². The van der Waals surface area contributed by atoms with Crippen LogP contribution in [0, 0.1) is 0 Å². The number of ether oxygens (including phenoxy) is 1. The van der Waals surface area contributed by atoms with Crippen LogP contribution in [0.3, 0.4) is 0 Å². The number of benzene rings is 2. The molecular weight excluding hydrogens is 312 g/mol. The molecule has 3 aromatic rings. The monoisotopic (exact) mass is 328 g/mol. The van der Waals surface area contributed by atoms with E-state index in [1.54, 1.807) is 12.1 Å². The smallest absolute Gasteiger partial charge is 0.336 e. The summed E-state index contributed by atoms with van der Waals surface area (Å²) in [6.45, 7) is 3.94. The standard InChI is InChI=1S/C19H17ClO3/c1-3-13-9-19(21)23-17-11-18(16(20)10-15(13)17)22-12(2)14-7-5-4-6-8-14/h4-12H,3H2,1-2H3/t12-/m1/s1. The molecule has 0 saturated carbocycles. The van der Waals surface area contributed by atoms with Crippen LogP contribution >= 0.6 is 11.6 Å². The summed E-state index contributed by atoms with van der Waals surface area (Å²) in [6.07, 6.45) is 0.575. The summed E-state index contributed by atoms with van der Waals surface area (Å²) in [4.78, 5) is 11.7. The molecule has 1 heterocycles. The van der Waals surface area contributed by atoms with Gasteiger partial charge in [0.1, 0.15) is 17.4 Å². The number of aryl methyl sites for hydroxylation is 1. The Bertz CT molecular complexity index is 884. The molecule has 0 amide bonds. The van der Waals surface area contributed by atoms with Crippen molar-refractivity contribution in [2.24, 2.45) is 0 Å². The van der Waals surface area contributed by atoms with Crippen molar-refractivity contribution in [3.8, 4) is 5.75 Å². The molecule has 0 radical (unpaired) electrons. The van der Waals surface area contributed by atoms with Gasteiger partial charge < -0.3 is 9.15 Å². The first-order chi connectivity index (χ1) is 11.1. The zero-order valence-electron chi connectivity index (χ0n) is 13.0. The van der Waals surface area contributed by atoms with Crippen molar-refractivity contribution < 1.29 is 9.15 Å². The molecule has 0 fully saturated rings. The van der Waals surface area contributed by atoms with Crippen molar-refractivity contribution >= 4 is 22.6 Å². The second kappa shape index (κ2) is 6.47. The van der Waals surface area contributed by atoms with Crippen LogP contribution in [-0.2, 0) is 6.42 Å². The fraction of sp³-hybridized carbons (Fsp3) is 0.211. The highest BCUT2D eigenvalue weighted by Crippen LogP contribution is 2.34. The van der Waals surface area contributed by atoms with Gasteiger partial charge >= 0.3 is 5.63 Å². The van der Waals surface area contributed by atoms with Gasteiger partial charge in [-0.25, -0.2) is 4.79 Å². The first-order valence-corrected chi connectivity index (χ1v) is 7.94. The minimum atomic E-state index is -0.362. The fourth-order valence-corrected chi connectivity index (χ4v) is 2.80. The molecule has 1 atom stereocenters. The van der Waals surface area contributed by atoms with Gasteiger partial charge in [-0.1, -0.05) is 48.9 Å². The highest BCUT2D eigenvalue weighted by molar-refractivity contribution is 6.32. The molecule has 3 rings (SSSR count). The van der Waals surface area contributed by atoms with E-state index in [9.17, 15) is 4.79 Å². The number of hydrogen-bond acceptors (Lipinski definition) is 3. The van der Waals surface area contributed by atoms with E-state index in [-0.39, 0.29) is 11.7 Å². The number of rotatable bonds is 4. The molecule has 2 aromatic carbocycles. The number of hydrogen-bond donors (Lipinski definition) is 0. The van der Waals surface area contributed by atoms with Gasteiger partial charge in [-0.05, 0) is 30.5 Å². The van der Waals surface area contributed by atoms with Crippen molar-refractivity contribution in [3.63, 3.8) is 0 Å². The lowest BCUT2D eigenvalue weighted by molar-refractivity contribution is 0.227. The van der Waals surface area contributed by atoms with Crippen LogP contribution in [0.25, 0.3) is 11.0 Å². The molecule has 1 aromatic heterocycles. The predicted molar refractivity (Wildman–Crippen MR) is 92.4 cm³/mol. The molecule has 0 unspecified atom stereocenters. The second-order valence-electron chi connectivity index (χ2n) is 5.39. The molecule has 23 heavy (non-hydrogen) atoms. The van der Waals surface area contributed by atoms with Gasteiger partial charge in [0.2, 0.25) is 0 Å². The highest BCUT2D eigenvalue weighted by atomic mass is 35.5. The summed E-state index contributed by atoms with van der Waals surface area (Å²) >= 11 is 6.36. The molecule has 3 nitrogen and oxygen atoms in total. The van der Waals surface area contributed by atoms with Crippen LogP contribution < -0.4 is 10.4 Å². The summed E-state index contributed by atoms with van der Waals surface area (Å²) in [6, 6.07) is 14.9. The maximum Gasteiger partial charge on any atom is 0.336 e. The Balaban J connectivity index is 2.02. The molecule has 118 valence electrons. The predicted octanol–water partition coefficient (Wildman–Crippen LogP) is 5.15. The van der Waals surface area contributed by atoms with Gasteiger partial charge in [0.25, 0.3) is 0 Å². The molecular formula is C19H17ClO3. The van der Waals surface area contributed by atoms with Crippen molar-refractivity contribution in [2.45, 2.75) is 26.4 Å². The third-order valence-electron chi connectivity index (χ3n) is 3.84. The first-order valence-electron chi connectivity index (χ1n) is 7.56. The van der Waals surface area contributed by atoms with Gasteiger partial charge in [-0.15, -0.1) is 0 Å². The fourth-order valence-electron chi connectivity index (χ4n) is 2.59. The Morgan fingerprint density at radius 1 is 1.17 bits per heavy atom. The second-order valence-corrected chi connectivity index (χ2v) is 5.80. The number of halogens is 1. The Morgan fingerprint density at radius 3 is 2.61 bits per heavy atom. The van der Waals surface area contributed by atoms with Crippen LogP contribution in [-0.4, -0.2) is 0 Å². The molecule has 0 N–H and O–H groups in total. The normalized spacial score (nSPS) is 12.3. The van der Waals surface area contributed by atoms with Crippen molar-refractivity contribution in [3.05, 3.63) is 75.1 Å². The zero-order valence-corrected chi connectivity index (χ0v) is 13.8. The van der Waals surface area contributed by atoms with Crippen LogP contribution in [0.15, 0.2) is 57.7 Å². The first kappa shape index (κ1) is 15.6. The third-order valence-corrected chi connectivity index (χ3v) is 4.13. The minimum absolute atomic E-state index is 0.160. The zero-order chi connectivity index (χ0) is 16.4. The van der Waals surface area contributed by atoms with Crippen LogP contribution in [0.1, 0.15) is 31.1 Å². The maximum atomic E-state index is 11.7. The summed E-state index contributed by atoms with van der Waals surface area (Å²) in [5, 5.41) is 1.35. The molecule has 4 heteroatoms. The van der Waals surface area contributed by atoms with Crippen LogP contribution in [0.2, 0.25) is 5.02 Å². The number of fused-ring (bicyclic) bond motifs is 1. The lowest BCUT2D eigenvalue weighted by Crippen LogP contribution is -2.04. The Kier molecular flexibility index (Phi) is 4.39. The van der Waals surface area contributed by atoms with E-state index in [0.717, 1.165) is 22.9 Å². The highest BCUT2D eigenvalue weighted by Gasteiger charge is 2.13. The topological polar surface area (TPSA) is 39.4 Å². The van der Waals surface area contributed by atoms with Gasteiger partial charge in [-0.3, -0.25) is 0 Å². The lowest BCUT2D eigenvalue weighted by atomic mass is 10.1. The Labute approximate surface area is 139 Å². The minimum Gasteiger partial charge on any atom is -0.484 e. The van der Waals surface area contributed by atoms with Gasteiger partial charge in [0.15, 0.2) is 0 Å². The molecule has 0 aliphatic carbocycles. The van der Waals surface area contributed by atoms with E-state index in [2.05, 4.69) is 0 Å². The molecule has 0 bridgehead atoms. The van der Waals surface area contributed by atoms with E-state index in [4.69, 9.17) is 20.8 Å². The van der Waals surface area contributed by atoms with Crippen molar-refractivity contribution in [2.75, 3.05) is 0 Å². The van der Waals surface area contributed by atoms with E-state index in [0.29, 0.717) is 16.4 Å². The van der Waals surface area contributed by atoms with E-state index < -0.39 is 0 Å². The largest absolute Gasteiger partial charge is 0.484 e. The van der Waals surface area contributed by atoms with Crippen molar-refractivity contribution in [1.82, 2.24) is 0 Å². The average molecular weight is 329 g/mol. The third kappa shape index (κ3) is 3.25. The maximum absolute atomic E-state index is 11.7. The lowest BCUT2D eigenvalue weighted by Gasteiger charge is -2.16. The van der Waals surface area contributed by atoms with Gasteiger partial charge in [0, 0.05) is 17.5 Å². The Morgan fingerprint density at radius 2 is 1.91 bits per heavy atom. The van der Waals surface area contributed by atoms with Crippen LogP contribution in [0.4, 0.5) is 0 Å².